The van der Waals surface area contributed by atoms with Crippen LogP contribution in [-0.4, -0.2) is 63.3 Å². The minimum atomic E-state index is -0.381. The molecule has 0 saturated carbocycles. The molecule has 10 heteroatoms. The molecule has 1 N–H and O–H groups in total. The normalized spacial score (nSPS) is 15.8. The molecule has 0 spiro atoms. The van der Waals surface area contributed by atoms with Crippen molar-refractivity contribution in [3.63, 3.8) is 0 Å². The van der Waals surface area contributed by atoms with Crippen molar-refractivity contribution in [3.05, 3.63) is 65.5 Å². The Morgan fingerprint density at radius 2 is 1.92 bits per heavy atom. The molecule has 4 aromatic rings. The Morgan fingerprint density at radius 1 is 1.10 bits per heavy atom. The van der Waals surface area contributed by atoms with Crippen LogP contribution < -0.4 is 5.32 Å². The summed E-state index contributed by atoms with van der Waals surface area (Å²) in [4.78, 5) is 34.8. The summed E-state index contributed by atoms with van der Waals surface area (Å²) >= 11 is 0. The Labute approximate surface area is 225 Å². The predicted octanol–water partition coefficient (Wildman–Crippen LogP) is 3.92. The van der Waals surface area contributed by atoms with Gasteiger partial charge in [-0.1, -0.05) is 6.07 Å². The van der Waals surface area contributed by atoms with Crippen molar-refractivity contribution in [2.75, 3.05) is 26.8 Å². The molecule has 3 aromatic heterocycles. The van der Waals surface area contributed by atoms with Crippen LogP contribution in [0.3, 0.4) is 0 Å². The molecule has 0 unspecified atom stereocenters. The number of aromatic nitrogens is 4. The summed E-state index contributed by atoms with van der Waals surface area (Å²) in [6.45, 7) is 3.92. The number of nitrogens with zero attached hydrogens (tertiary/aromatic N) is 5. The van der Waals surface area contributed by atoms with Crippen LogP contribution in [0.2, 0.25) is 0 Å². The standard InChI is InChI=1S/C29H29FN6O3/c1-17(37)35-10-7-26-22(16-35)28(34-36(26)20-8-11-39-12-9-20)27-21-15-33-25(13-18(21)3-5-23(27)30)19-4-6-24(32-14-19)29(38)31-2/h3-6,13-15,20H,7-12,16H2,1-2H3,(H,31,38). The molecule has 39 heavy (non-hydrogen) atoms. The maximum absolute atomic E-state index is 15.6. The number of nitrogens with one attached hydrogen (secondary N) is 1. The van der Waals surface area contributed by atoms with Gasteiger partial charge in [0.2, 0.25) is 5.91 Å². The van der Waals surface area contributed by atoms with Crippen LogP contribution in [0, 0.1) is 5.82 Å². The van der Waals surface area contributed by atoms with E-state index in [9.17, 15) is 9.59 Å². The van der Waals surface area contributed by atoms with Gasteiger partial charge in [-0.3, -0.25) is 24.2 Å². The Kier molecular flexibility index (Phi) is 6.56. The van der Waals surface area contributed by atoms with E-state index in [4.69, 9.17) is 9.84 Å². The van der Waals surface area contributed by atoms with E-state index >= 15 is 4.39 Å². The lowest BCUT2D eigenvalue weighted by atomic mass is 9.96. The van der Waals surface area contributed by atoms with Gasteiger partial charge in [0.1, 0.15) is 17.2 Å². The Balaban J connectivity index is 1.46. The van der Waals surface area contributed by atoms with Crippen molar-refractivity contribution >= 4 is 22.6 Å². The first-order valence-electron chi connectivity index (χ1n) is 13.1. The fourth-order valence-electron chi connectivity index (χ4n) is 5.55. The molecule has 5 heterocycles. The van der Waals surface area contributed by atoms with Gasteiger partial charge in [-0.05, 0) is 42.5 Å². The summed E-state index contributed by atoms with van der Waals surface area (Å²) in [5.74, 6) is -0.654. The Hall–Kier alpha value is -4.18. The molecule has 6 rings (SSSR count). The topological polar surface area (TPSA) is 102 Å². The smallest absolute Gasteiger partial charge is 0.269 e. The highest BCUT2D eigenvalue weighted by atomic mass is 19.1. The van der Waals surface area contributed by atoms with Gasteiger partial charge in [0, 0.05) is 86.9 Å². The molecule has 0 aliphatic carbocycles. The Morgan fingerprint density at radius 3 is 2.64 bits per heavy atom. The van der Waals surface area contributed by atoms with Crippen molar-refractivity contribution < 1.29 is 18.7 Å². The van der Waals surface area contributed by atoms with Crippen LogP contribution in [-0.2, 0) is 22.5 Å². The van der Waals surface area contributed by atoms with Crippen LogP contribution >= 0.6 is 0 Å². The van der Waals surface area contributed by atoms with E-state index in [0.717, 1.165) is 35.0 Å². The van der Waals surface area contributed by atoms with E-state index in [0.29, 0.717) is 60.8 Å². The second-order valence-electron chi connectivity index (χ2n) is 9.98. The molecule has 1 saturated heterocycles. The highest BCUT2D eigenvalue weighted by Crippen LogP contribution is 2.39. The second-order valence-corrected chi connectivity index (χ2v) is 9.98. The molecule has 1 fully saturated rings. The van der Waals surface area contributed by atoms with E-state index in [-0.39, 0.29) is 23.7 Å². The average molecular weight is 529 g/mol. The third kappa shape index (κ3) is 4.54. The van der Waals surface area contributed by atoms with Gasteiger partial charge < -0.3 is 15.0 Å². The van der Waals surface area contributed by atoms with E-state index in [1.165, 1.54) is 6.07 Å². The first-order chi connectivity index (χ1) is 18.9. The van der Waals surface area contributed by atoms with E-state index in [1.54, 1.807) is 49.5 Å². The summed E-state index contributed by atoms with van der Waals surface area (Å²) < 4.78 is 23.3. The predicted molar refractivity (Wildman–Crippen MR) is 143 cm³/mol. The molecule has 2 aliphatic rings. The van der Waals surface area contributed by atoms with Crippen LogP contribution in [0.5, 0.6) is 0 Å². The molecule has 0 bridgehead atoms. The lowest BCUT2D eigenvalue weighted by Gasteiger charge is -2.29. The monoisotopic (exact) mass is 528 g/mol. The number of ether oxygens (including phenoxy) is 1. The number of hydrogen-bond acceptors (Lipinski definition) is 6. The van der Waals surface area contributed by atoms with Crippen molar-refractivity contribution in [2.45, 2.75) is 38.8 Å². The van der Waals surface area contributed by atoms with E-state index < -0.39 is 0 Å². The zero-order chi connectivity index (χ0) is 27.1. The first-order valence-corrected chi connectivity index (χ1v) is 13.1. The fourth-order valence-corrected chi connectivity index (χ4v) is 5.55. The van der Waals surface area contributed by atoms with Gasteiger partial charge in [0.25, 0.3) is 5.91 Å². The highest BCUT2D eigenvalue weighted by Gasteiger charge is 2.31. The number of halogens is 1. The van der Waals surface area contributed by atoms with Gasteiger partial charge in [-0.15, -0.1) is 0 Å². The molecule has 0 atom stereocenters. The number of rotatable bonds is 4. The maximum atomic E-state index is 15.6. The fraction of sp³-hybridized carbons (Fsp3) is 0.345. The van der Waals surface area contributed by atoms with Crippen LogP contribution in [0.15, 0.2) is 42.7 Å². The molecule has 9 nitrogen and oxygen atoms in total. The summed E-state index contributed by atoms with van der Waals surface area (Å²) in [7, 11) is 1.56. The summed E-state index contributed by atoms with van der Waals surface area (Å²) in [6.07, 6.45) is 5.64. The zero-order valence-electron chi connectivity index (χ0n) is 21.9. The van der Waals surface area contributed by atoms with Gasteiger partial charge in [0.05, 0.1) is 11.7 Å². The number of hydrogen-bond donors (Lipinski definition) is 1. The number of carbonyl (C=O) groups is 2. The first kappa shape index (κ1) is 25.1. The quantitative estimate of drug-likeness (QED) is 0.431. The van der Waals surface area contributed by atoms with Crippen LogP contribution in [0.1, 0.15) is 47.6 Å². The van der Waals surface area contributed by atoms with Gasteiger partial charge in [0.15, 0.2) is 0 Å². The number of pyridine rings is 2. The lowest BCUT2D eigenvalue weighted by molar-refractivity contribution is -0.129. The molecule has 2 aliphatic heterocycles. The van der Waals surface area contributed by atoms with Crippen molar-refractivity contribution in [3.8, 4) is 22.5 Å². The maximum Gasteiger partial charge on any atom is 0.269 e. The second kappa shape index (κ2) is 10.2. The molecule has 0 radical (unpaired) electrons. The van der Waals surface area contributed by atoms with Crippen molar-refractivity contribution in [2.24, 2.45) is 0 Å². The minimum Gasteiger partial charge on any atom is -0.381 e. The number of fused-ring (bicyclic) bond motifs is 2. The zero-order valence-corrected chi connectivity index (χ0v) is 21.9. The molecular formula is C29H29FN6O3. The third-order valence-corrected chi connectivity index (χ3v) is 7.68. The number of amides is 2. The minimum absolute atomic E-state index is 0.00818. The third-order valence-electron chi connectivity index (χ3n) is 7.68. The number of benzene rings is 1. The number of carbonyl (C=O) groups excluding carboxylic acids is 2. The van der Waals surface area contributed by atoms with E-state index in [1.807, 2.05) is 6.07 Å². The molecular weight excluding hydrogens is 499 g/mol. The SMILES string of the molecule is CNC(=O)c1ccc(-c2cc3ccc(F)c(-c4nn(C5CCOCC5)c5c4CN(C(C)=O)CC5)c3cn2)cn1. The average Bonchev–Trinajstić information content (AvgIpc) is 3.35. The summed E-state index contributed by atoms with van der Waals surface area (Å²) in [5.41, 5.74) is 4.65. The lowest BCUT2D eigenvalue weighted by Crippen LogP contribution is -2.35. The molecule has 200 valence electrons. The van der Waals surface area contributed by atoms with Gasteiger partial charge in [-0.25, -0.2) is 4.39 Å². The van der Waals surface area contributed by atoms with Crippen molar-refractivity contribution in [1.29, 1.82) is 0 Å². The van der Waals surface area contributed by atoms with Gasteiger partial charge >= 0.3 is 0 Å². The van der Waals surface area contributed by atoms with Crippen LogP contribution in [0.4, 0.5) is 4.39 Å². The molecule has 2 amide bonds. The van der Waals surface area contributed by atoms with E-state index in [2.05, 4.69) is 20.0 Å². The highest BCUT2D eigenvalue weighted by molar-refractivity contribution is 5.98. The summed E-state index contributed by atoms with van der Waals surface area (Å²) in [6, 6.07) is 8.69. The Bertz CT molecular complexity index is 1580. The molecule has 1 aromatic carbocycles. The van der Waals surface area contributed by atoms with Crippen LogP contribution in [0.25, 0.3) is 33.3 Å². The van der Waals surface area contributed by atoms with Crippen molar-refractivity contribution in [1.82, 2.24) is 30.0 Å². The summed E-state index contributed by atoms with van der Waals surface area (Å²) in [5, 5.41) is 9.02. The van der Waals surface area contributed by atoms with Gasteiger partial charge in [-0.2, -0.15) is 5.10 Å². The largest absolute Gasteiger partial charge is 0.381 e.